The molecule has 0 bridgehead atoms. The van der Waals surface area contributed by atoms with Gasteiger partial charge in [0.2, 0.25) is 0 Å². The van der Waals surface area contributed by atoms with Gasteiger partial charge < -0.3 is 4.74 Å². The molecule has 0 amide bonds. The molecular weight excluding hydrogens is 188 g/mol. The zero-order valence-corrected chi connectivity index (χ0v) is 8.98. The average molecular weight is 204 g/mol. The number of hydrogen-bond donors (Lipinski definition) is 0. The first kappa shape index (κ1) is 10.4. The number of ether oxygens (including phenoxy) is 1. The molecule has 0 unspecified atom stereocenters. The lowest BCUT2D eigenvalue weighted by Crippen LogP contribution is -2.02. The van der Waals surface area contributed by atoms with E-state index in [-0.39, 0.29) is 5.92 Å². The number of carbonyl (C=O) groups is 1. The van der Waals surface area contributed by atoms with Crippen LogP contribution in [-0.4, -0.2) is 12.4 Å². The Kier molecular flexibility index (Phi) is 3.17. The molecule has 0 saturated heterocycles. The van der Waals surface area contributed by atoms with Crippen molar-refractivity contribution in [1.82, 2.24) is 0 Å². The van der Waals surface area contributed by atoms with Crippen LogP contribution in [-0.2, 0) is 16.1 Å². The molecule has 0 aliphatic heterocycles. The summed E-state index contributed by atoms with van der Waals surface area (Å²) in [5.41, 5.74) is 1.19. The number of carbonyl (C=O) groups excluding carboxylic acids is 1. The van der Waals surface area contributed by atoms with Crippen molar-refractivity contribution < 1.29 is 9.53 Å². The molecule has 1 saturated carbocycles. The molecule has 15 heavy (non-hydrogen) atoms. The Labute approximate surface area is 90.3 Å². The number of hydrogen-bond acceptors (Lipinski definition) is 2. The fourth-order valence-electron chi connectivity index (χ4n) is 1.83. The third-order valence-corrected chi connectivity index (χ3v) is 2.89. The summed E-state index contributed by atoms with van der Waals surface area (Å²) < 4.78 is 5.57. The summed E-state index contributed by atoms with van der Waals surface area (Å²) in [6.07, 6.45) is 1.02. The van der Waals surface area contributed by atoms with E-state index >= 15 is 0 Å². The molecule has 1 aromatic rings. The molecule has 0 heterocycles. The highest BCUT2D eigenvalue weighted by Gasteiger charge is 2.40. The third kappa shape index (κ3) is 2.90. The summed E-state index contributed by atoms with van der Waals surface area (Å²) in [7, 11) is 0. The Bertz CT molecular complexity index is 332. The van der Waals surface area contributed by atoms with Gasteiger partial charge in [0.15, 0.2) is 0 Å². The first-order chi connectivity index (χ1) is 7.27. The Balaban J connectivity index is 1.67. The van der Waals surface area contributed by atoms with Gasteiger partial charge in [-0.15, -0.1) is 0 Å². The van der Waals surface area contributed by atoms with Crippen LogP contribution in [0.1, 0.15) is 18.9 Å². The van der Waals surface area contributed by atoms with E-state index < -0.39 is 0 Å². The molecule has 0 aromatic heterocycles. The molecule has 1 aliphatic rings. The maximum absolute atomic E-state index is 11.0. The van der Waals surface area contributed by atoms with Crippen molar-refractivity contribution in [2.75, 3.05) is 6.61 Å². The van der Waals surface area contributed by atoms with Gasteiger partial charge in [0, 0.05) is 5.92 Å². The van der Waals surface area contributed by atoms with Gasteiger partial charge in [-0.2, -0.15) is 0 Å². The normalized spacial score (nSPS) is 23.8. The quantitative estimate of drug-likeness (QED) is 0.736. The van der Waals surface area contributed by atoms with Crippen LogP contribution in [0.2, 0.25) is 0 Å². The topological polar surface area (TPSA) is 26.3 Å². The maximum atomic E-state index is 11.0. The average Bonchev–Trinajstić information content (AvgIpc) is 2.99. The van der Waals surface area contributed by atoms with Crippen molar-refractivity contribution in [3.8, 4) is 0 Å². The van der Waals surface area contributed by atoms with Gasteiger partial charge in [0.05, 0.1) is 13.2 Å². The Morgan fingerprint density at radius 2 is 2.13 bits per heavy atom. The molecule has 1 aromatic carbocycles. The second-order valence-corrected chi connectivity index (χ2v) is 4.21. The molecule has 80 valence electrons. The smallest absolute Gasteiger partial charge is 0.133 e. The van der Waals surface area contributed by atoms with Gasteiger partial charge in [-0.05, 0) is 24.8 Å². The van der Waals surface area contributed by atoms with E-state index in [0.717, 1.165) is 13.0 Å². The van der Waals surface area contributed by atoms with E-state index in [1.807, 2.05) is 18.2 Å². The number of Topliss-reactive ketones (excluding diaryl/α,β-unsaturated/α-hetero) is 1. The highest BCUT2D eigenvalue weighted by Crippen LogP contribution is 2.39. The number of rotatable bonds is 5. The third-order valence-electron chi connectivity index (χ3n) is 2.89. The van der Waals surface area contributed by atoms with Crippen LogP contribution in [0.5, 0.6) is 0 Å². The van der Waals surface area contributed by atoms with Crippen molar-refractivity contribution in [2.24, 2.45) is 11.8 Å². The van der Waals surface area contributed by atoms with Gasteiger partial charge in [-0.1, -0.05) is 30.3 Å². The minimum Gasteiger partial charge on any atom is -0.376 e. The van der Waals surface area contributed by atoms with E-state index in [1.54, 1.807) is 6.92 Å². The van der Waals surface area contributed by atoms with Crippen LogP contribution < -0.4 is 0 Å². The molecule has 0 spiro atoms. The van der Waals surface area contributed by atoms with Gasteiger partial charge in [-0.25, -0.2) is 0 Å². The predicted molar refractivity (Wildman–Crippen MR) is 58.4 cm³/mol. The fraction of sp³-hybridized carbons (Fsp3) is 0.462. The van der Waals surface area contributed by atoms with E-state index in [1.165, 1.54) is 5.56 Å². The molecule has 1 aliphatic carbocycles. The molecule has 2 heteroatoms. The first-order valence-corrected chi connectivity index (χ1v) is 5.39. The van der Waals surface area contributed by atoms with Crippen LogP contribution in [0.25, 0.3) is 0 Å². The van der Waals surface area contributed by atoms with Crippen molar-refractivity contribution in [3.05, 3.63) is 35.9 Å². The lowest BCUT2D eigenvalue weighted by molar-refractivity contribution is -0.118. The first-order valence-electron chi connectivity index (χ1n) is 5.39. The lowest BCUT2D eigenvalue weighted by Gasteiger charge is -2.02. The number of ketones is 1. The van der Waals surface area contributed by atoms with Gasteiger partial charge in [0.25, 0.3) is 0 Å². The van der Waals surface area contributed by atoms with Crippen LogP contribution in [0.3, 0.4) is 0 Å². The standard InChI is InChI=1S/C13H16O2/c1-10(14)13-7-12(13)9-15-8-11-5-3-2-4-6-11/h2-6,12-13H,7-9H2,1H3/t12-,13-/m1/s1. The predicted octanol–water partition coefficient (Wildman–Crippen LogP) is 2.43. The summed E-state index contributed by atoms with van der Waals surface area (Å²) in [6, 6.07) is 10.1. The van der Waals surface area contributed by atoms with Crippen molar-refractivity contribution in [1.29, 1.82) is 0 Å². The summed E-state index contributed by atoms with van der Waals surface area (Å²) in [6.45, 7) is 3.04. The zero-order chi connectivity index (χ0) is 10.7. The van der Waals surface area contributed by atoms with E-state index in [2.05, 4.69) is 12.1 Å². The Morgan fingerprint density at radius 3 is 2.73 bits per heavy atom. The number of benzene rings is 1. The van der Waals surface area contributed by atoms with Crippen molar-refractivity contribution >= 4 is 5.78 Å². The largest absolute Gasteiger partial charge is 0.376 e. The van der Waals surface area contributed by atoms with E-state index in [4.69, 9.17) is 4.74 Å². The SMILES string of the molecule is CC(=O)[C@H]1C[C@@H]1COCc1ccccc1. The molecule has 0 radical (unpaired) electrons. The van der Waals surface area contributed by atoms with E-state index in [9.17, 15) is 4.79 Å². The molecule has 2 nitrogen and oxygen atoms in total. The molecule has 2 rings (SSSR count). The fourth-order valence-corrected chi connectivity index (χ4v) is 1.83. The van der Waals surface area contributed by atoms with Crippen LogP contribution >= 0.6 is 0 Å². The van der Waals surface area contributed by atoms with E-state index in [0.29, 0.717) is 18.3 Å². The highest BCUT2D eigenvalue weighted by atomic mass is 16.5. The second kappa shape index (κ2) is 4.58. The summed E-state index contributed by atoms with van der Waals surface area (Å²) in [5, 5.41) is 0. The van der Waals surface area contributed by atoms with Crippen LogP contribution in [0.4, 0.5) is 0 Å². The zero-order valence-electron chi connectivity index (χ0n) is 8.98. The maximum Gasteiger partial charge on any atom is 0.133 e. The van der Waals surface area contributed by atoms with Gasteiger partial charge in [-0.3, -0.25) is 4.79 Å². The van der Waals surface area contributed by atoms with Gasteiger partial charge in [0.1, 0.15) is 5.78 Å². The molecular formula is C13H16O2. The highest BCUT2D eigenvalue weighted by molar-refractivity contribution is 5.81. The second-order valence-electron chi connectivity index (χ2n) is 4.21. The minimum atomic E-state index is 0.278. The van der Waals surface area contributed by atoms with Crippen LogP contribution in [0, 0.1) is 11.8 Å². The Hall–Kier alpha value is -1.15. The summed E-state index contributed by atoms with van der Waals surface area (Å²) in [4.78, 5) is 11.0. The summed E-state index contributed by atoms with van der Waals surface area (Å²) >= 11 is 0. The molecule has 2 atom stereocenters. The Morgan fingerprint density at radius 1 is 1.40 bits per heavy atom. The summed E-state index contributed by atoms with van der Waals surface area (Å²) in [5.74, 6) is 1.07. The minimum absolute atomic E-state index is 0.278. The van der Waals surface area contributed by atoms with Crippen LogP contribution in [0.15, 0.2) is 30.3 Å². The molecule has 1 fully saturated rings. The van der Waals surface area contributed by atoms with Crippen molar-refractivity contribution in [3.63, 3.8) is 0 Å². The molecule has 0 N–H and O–H groups in total. The lowest BCUT2D eigenvalue weighted by atomic mass is 10.2. The monoisotopic (exact) mass is 204 g/mol. The van der Waals surface area contributed by atoms with Crippen molar-refractivity contribution in [2.45, 2.75) is 20.0 Å². The van der Waals surface area contributed by atoms with Gasteiger partial charge >= 0.3 is 0 Å².